The van der Waals surface area contributed by atoms with Gasteiger partial charge < -0.3 is 4.84 Å². The number of rotatable bonds is 0. The zero-order valence-corrected chi connectivity index (χ0v) is 7.79. The lowest BCUT2D eigenvalue weighted by Crippen LogP contribution is -2.24. The molecule has 12 heavy (non-hydrogen) atoms. The van der Waals surface area contributed by atoms with Crippen LogP contribution < -0.4 is 0 Å². The lowest BCUT2D eigenvalue weighted by Gasteiger charge is -2.22. The van der Waals surface area contributed by atoms with Crippen molar-refractivity contribution >= 4 is 22.1 Å². The van der Waals surface area contributed by atoms with E-state index in [4.69, 9.17) is 4.84 Å². The van der Waals surface area contributed by atoms with Crippen molar-refractivity contribution in [3.8, 4) is 0 Å². The molecule has 0 aromatic carbocycles. The van der Waals surface area contributed by atoms with Crippen molar-refractivity contribution in [3.05, 3.63) is 24.3 Å². The van der Waals surface area contributed by atoms with Crippen LogP contribution in [0.1, 0.15) is 0 Å². The van der Waals surface area contributed by atoms with Gasteiger partial charge >= 0.3 is 0 Å². The predicted octanol–water partition coefficient (Wildman–Crippen LogP) is 2.18. The van der Waals surface area contributed by atoms with Gasteiger partial charge in [0.15, 0.2) is 0 Å². The third-order valence-electron chi connectivity index (χ3n) is 1.91. The number of hydrogen-bond donors (Lipinski definition) is 0. The maximum atomic E-state index is 13.2. The molecule has 2 aliphatic rings. The topological polar surface area (TPSA) is 21.6 Å². The summed E-state index contributed by atoms with van der Waals surface area (Å²) < 4.78 is 11.7. The van der Waals surface area contributed by atoms with Gasteiger partial charge in [0.25, 0.3) is 0 Å². The summed E-state index contributed by atoms with van der Waals surface area (Å²) in [5, 5.41) is 3.64. The Morgan fingerprint density at radius 1 is 1.33 bits per heavy atom. The standard InChI is InChI=1S/C8H7BrFNO/c9-8(10)3-1-7(2-4-8)5-11-12-6-7/h1-5H,6H2. The highest BCUT2D eigenvalue weighted by Gasteiger charge is 2.34. The van der Waals surface area contributed by atoms with Crippen LogP contribution in [-0.2, 0) is 4.84 Å². The highest BCUT2D eigenvalue weighted by Crippen LogP contribution is 2.35. The molecule has 1 spiro atoms. The first-order chi connectivity index (χ1) is 5.62. The summed E-state index contributed by atoms with van der Waals surface area (Å²) >= 11 is 2.90. The molecule has 0 aromatic rings. The quantitative estimate of drug-likeness (QED) is 0.463. The lowest BCUT2D eigenvalue weighted by atomic mass is 9.86. The van der Waals surface area contributed by atoms with Crippen molar-refractivity contribution in [2.45, 2.75) is 4.58 Å². The van der Waals surface area contributed by atoms with Gasteiger partial charge in [0.2, 0.25) is 4.58 Å². The van der Waals surface area contributed by atoms with E-state index in [9.17, 15) is 4.39 Å². The third-order valence-corrected chi connectivity index (χ3v) is 2.44. The van der Waals surface area contributed by atoms with Crippen molar-refractivity contribution in [2.75, 3.05) is 6.61 Å². The van der Waals surface area contributed by atoms with Crippen LogP contribution in [0.4, 0.5) is 4.39 Å². The summed E-state index contributed by atoms with van der Waals surface area (Å²) in [5.74, 6) is 0. The normalized spacial score (nSPS) is 43.8. The van der Waals surface area contributed by atoms with Gasteiger partial charge in [-0.25, -0.2) is 4.39 Å². The fraction of sp³-hybridized carbons (Fsp3) is 0.375. The molecule has 1 aliphatic heterocycles. The average Bonchev–Trinajstić information content (AvgIpc) is 2.46. The van der Waals surface area contributed by atoms with Crippen molar-refractivity contribution in [1.29, 1.82) is 0 Å². The molecular formula is C8H7BrFNO. The van der Waals surface area contributed by atoms with Crippen molar-refractivity contribution in [1.82, 2.24) is 0 Å². The second kappa shape index (κ2) is 2.42. The summed E-state index contributed by atoms with van der Waals surface area (Å²) in [6.45, 7) is 0.461. The van der Waals surface area contributed by atoms with Crippen LogP contribution in [0.3, 0.4) is 0 Å². The number of nitrogens with zero attached hydrogens (tertiary/aromatic N) is 1. The molecule has 64 valence electrons. The molecule has 1 heterocycles. The molecule has 2 rings (SSSR count). The van der Waals surface area contributed by atoms with E-state index in [1.165, 1.54) is 12.2 Å². The predicted molar refractivity (Wildman–Crippen MR) is 47.9 cm³/mol. The second-order valence-electron chi connectivity index (χ2n) is 2.96. The minimum Gasteiger partial charge on any atom is -0.394 e. The fourth-order valence-electron chi connectivity index (χ4n) is 1.15. The SMILES string of the molecule is FC1(Br)C=CC2(C=C1)C=NOC2. The molecule has 0 amide bonds. The minimum atomic E-state index is -1.51. The Balaban J connectivity index is 2.26. The molecule has 0 saturated heterocycles. The van der Waals surface area contributed by atoms with Crippen LogP contribution in [0, 0.1) is 5.41 Å². The maximum absolute atomic E-state index is 13.2. The molecule has 0 saturated carbocycles. The van der Waals surface area contributed by atoms with Crippen molar-refractivity contribution < 1.29 is 9.23 Å². The molecule has 0 fully saturated rings. The Kier molecular flexibility index (Phi) is 1.61. The molecule has 0 unspecified atom stereocenters. The number of halogens is 2. The van der Waals surface area contributed by atoms with Crippen LogP contribution in [0.15, 0.2) is 29.5 Å². The molecule has 1 aliphatic carbocycles. The van der Waals surface area contributed by atoms with E-state index in [0.717, 1.165) is 0 Å². The molecule has 0 bridgehead atoms. The molecule has 0 radical (unpaired) electrons. The summed E-state index contributed by atoms with van der Waals surface area (Å²) in [7, 11) is 0. The minimum absolute atomic E-state index is 0.316. The van der Waals surface area contributed by atoms with Gasteiger partial charge in [-0.3, -0.25) is 0 Å². The largest absolute Gasteiger partial charge is 0.394 e. The van der Waals surface area contributed by atoms with E-state index in [1.807, 2.05) is 0 Å². The number of allylic oxidation sites excluding steroid dienone is 2. The van der Waals surface area contributed by atoms with Gasteiger partial charge in [-0.2, -0.15) is 0 Å². The summed E-state index contributed by atoms with van der Waals surface area (Å²) in [4.78, 5) is 4.84. The van der Waals surface area contributed by atoms with E-state index in [0.29, 0.717) is 6.61 Å². The Morgan fingerprint density at radius 3 is 2.50 bits per heavy atom. The van der Waals surface area contributed by atoms with Crippen LogP contribution in [0.5, 0.6) is 0 Å². The molecule has 0 aromatic heterocycles. The Hall–Kier alpha value is -0.640. The summed E-state index contributed by atoms with van der Waals surface area (Å²) in [6, 6.07) is 0. The first-order valence-electron chi connectivity index (χ1n) is 3.57. The monoisotopic (exact) mass is 231 g/mol. The highest BCUT2D eigenvalue weighted by molar-refractivity contribution is 9.10. The second-order valence-corrected chi connectivity index (χ2v) is 4.18. The zero-order valence-electron chi connectivity index (χ0n) is 6.21. The third kappa shape index (κ3) is 1.31. The van der Waals surface area contributed by atoms with Gasteiger partial charge in [0.1, 0.15) is 6.61 Å². The zero-order chi connectivity index (χ0) is 8.66. The molecule has 2 nitrogen and oxygen atoms in total. The number of hydrogen-bond acceptors (Lipinski definition) is 2. The summed E-state index contributed by atoms with van der Waals surface area (Å²) in [6.07, 6.45) is 8.07. The maximum Gasteiger partial charge on any atom is 0.201 e. The Morgan fingerprint density at radius 2 is 2.00 bits per heavy atom. The molecule has 4 heteroatoms. The van der Waals surface area contributed by atoms with Crippen LogP contribution >= 0.6 is 15.9 Å². The Labute approximate surface area is 77.9 Å². The van der Waals surface area contributed by atoms with E-state index in [-0.39, 0.29) is 5.41 Å². The average molecular weight is 232 g/mol. The molecule has 0 N–H and O–H groups in total. The van der Waals surface area contributed by atoms with E-state index in [2.05, 4.69) is 21.1 Å². The van der Waals surface area contributed by atoms with E-state index in [1.54, 1.807) is 18.4 Å². The van der Waals surface area contributed by atoms with E-state index >= 15 is 0 Å². The van der Waals surface area contributed by atoms with Crippen molar-refractivity contribution in [2.24, 2.45) is 10.6 Å². The Bertz CT molecular complexity index is 267. The van der Waals surface area contributed by atoms with Crippen LogP contribution in [0.2, 0.25) is 0 Å². The van der Waals surface area contributed by atoms with Gasteiger partial charge in [-0.05, 0) is 28.1 Å². The van der Waals surface area contributed by atoms with Crippen molar-refractivity contribution in [3.63, 3.8) is 0 Å². The van der Waals surface area contributed by atoms with Gasteiger partial charge in [0.05, 0.1) is 11.6 Å². The smallest absolute Gasteiger partial charge is 0.201 e. The first-order valence-corrected chi connectivity index (χ1v) is 4.36. The van der Waals surface area contributed by atoms with E-state index < -0.39 is 4.58 Å². The fourth-order valence-corrected chi connectivity index (χ4v) is 1.41. The van der Waals surface area contributed by atoms with Gasteiger partial charge in [-0.1, -0.05) is 17.3 Å². The first kappa shape index (κ1) is 7.98. The summed E-state index contributed by atoms with van der Waals surface area (Å²) in [5.41, 5.74) is -0.316. The lowest BCUT2D eigenvalue weighted by molar-refractivity contribution is 0.147. The molecule has 0 atom stereocenters. The highest BCUT2D eigenvalue weighted by atomic mass is 79.9. The van der Waals surface area contributed by atoms with Crippen LogP contribution in [-0.4, -0.2) is 17.4 Å². The molecular weight excluding hydrogens is 225 g/mol. The number of oxime groups is 1. The number of alkyl halides is 2. The van der Waals surface area contributed by atoms with Gasteiger partial charge in [-0.15, -0.1) is 0 Å². The van der Waals surface area contributed by atoms with Crippen LogP contribution in [0.25, 0.3) is 0 Å². The van der Waals surface area contributed by atoms with Gasteiger partial charge in [0, 0.05) is 0 Å².